The molecule has 17 heavy (non-hydrogen) atoms. The van der Waals surface area contributed by atoms with Crippen molar-refractivity contribution in [2.24, 2.45) is 5.92 Å². The number of methoxy groups -OCH3 is 1. The monoisotopic (exact) mass is 234 g/mol. The van der Waals surface area contributed by atoms with Gasteiger partial charge in [0.25, 0.3) is 0 Å². The Morgan fingerprint density at radius 2 is 2.29 bits per heavy atom. The van der Waals surface area contributed by atoms with E-state index in [2.05, 4.69) is 0 Å². The number of hydrogen-bond donors (Lipinski definition) is 0. The first kappa shape index (κ1) is 11.8. The highest BCUT2D eigenvalue weighted by molar-refractivity contribution is 6.11. The van der Waals surface area contributed by atoms with Gasteiger partial charge in [-0.2, -0.15) is 0 Å². The Bertz CT molecular complexity index is 439. The third kappa shape index (κ3) is 2.53. The number of hydrogen-bond acceptors (Lipinski definition) is 4. The minimum absolute atomic E-state index is 0.0420. The molecule has 1 unspecified atom stereocenters. The predicted octanol–water partition coefficient (Wildman–Crippen LogP) is 1.48. The second-order valence-corrected chi connectivity index (χ2v) is 3.96. The Balaban J connectivity index is 2.20. The van der Waals surface area contributed by atoms with Crippen LogP contribution in [-0.2, 0) is 9.53 Å². The lowest BCUT2D eigenvalue weighted by molar-refractivity contribution is -0.130. The zero-order chi connectivity index (χ0) is 12.3. The smallest absolute Gasteiger partial charge is 0.173 e. The van der Waals surface area contributed by atoms with Gasteiger partial charge in [-0.3, -0.25) is 9.59 Å². The molecule has 2 rings (SSSR count). The average Bonchev–Trinajstić information content (AvgIpc) is 2.38. The van der Waals surface area contributed by atoms with Gasteiger partial charge in [0.15, 0.2) is 11.6 Å². The zero-order valence-corrected chi connectivity index (χ0v) is 9.64. The van der Waals surface area contributed by atoms with Crippen LogP contribution >= 0.6 is 0 Å². The van der Waals surface area contributed by atoms with E-state index in [1.165, 1.54) is 0 Å². The molecule has 0 aliphatic carbocycles. The fourth-order valence-corrected chi connectivity index (χ4v) is 1.89. The molecule has 0 saturated carbocycles. The molecule has 4 heteroatoms. The molecule has 1 aromatic rings. The summed E-state index contributed by atoms with van der Waals surface area (Å²) in [6.45, 7) is 0.506. The van der Waals surface area contributed by atoms with Gasteiger partial charge in [0.1, 0.15) is 12.4 Å². The number of benzene rings is 1. The summed E-state index contributed by atoms with van der Waals surface area (Å²) in [5.41, 5.74) is 0.518. The van der Waals surface area contributed by atoms with Gasteiger partial charge >= 0.3 is 0 Å². The number of ether oxygens (including phenoxy) is 2. The van der Waals surface area contributed by atoms with Crippen LogP contribution in [0.5, 0.6) is 5.75 Å². The summed E-state index contributed by atoms with van der Waals surface area (Å²) in [4.78, 5) is 23.7. The Morgan fingerprint density at radius 3 is 3.00 bits per heavy atom. The van der Waals surface area contributed by atoms with Crippen molar-refractivity contribution in [3.05, 3.63) is 29.8 Å². The minimum Gasteiger partial charge on any atom is -0.497 e. The van der Waals surface area contributed by atoms with Crippen LogP contribution in [0.25, 0.3) is 0 Å². The number of Topliss-reactive ketones (excluding diaryl/α,β-unsaturated/α-hetero) is 2. The van der Waals surface area contributed by atoms with Crippen molar-refractivity contribution in [3.63, 3.8) is 0 Å². The van der Waals surface area contributed by atoms with E-state index >= 15 is 0 Å². The normalized spacial score (nSPS) is 20.1. The van der Waals surface area contributed by atoms with Crippen LogP contribution in [0.2, 0.25) is 0 Å². The predicted molar refractivity (Wildman–Crippen MR) is 61.3 cm³/mol. The summed E-state index contributed by atoms with van der Waals surface area (Å²) in [5.74, 6) is -0.215. The highest BCUT2D eigenvalue weighted by atomic mass is 16.5. The molecule has 1 aliphatic heterocycles. The first-order chi connectivity index (χ1) is 8.22. The third-order valence-electron chi connectivity index (χ3n) is 2.85. The number of carbonyl (C=O) groups excluding carboxylic acids is 2. The summed E-state index contributed by atoms with van der Waals surface area (Å²) in [6.07, 6.45) is 0.467. The van der Waals surface area contributed by atoms with Crippen LogP contribution in [0.1, 0.15) is 16.8 Å². The Morgan fingerprint density at radius 1 is 1.47 bits per heavy atom. The number of rotatable bonds is 3. The van der Waals surface area contributed by atoms with Crippen LogP contribution in [0, 0.1) is 5.92 Å². The largest absolute Gasteiger partial charge is 0.497 e. The summed E-state index contributed by atoms with van der Waals surface area (Å²) in [5, 5.41) is 0. The van der Waals surface area contributed by atoms with Crippen molar-refractivity contribution in [2.45, 2.75) is 6.42 Å². The summed E-state index contributed by atoms with van der Waals surface area (Å²) < 4.78 is 10.1. The zero-order valence-electron chi connectivity index (χ0n) is 9.64. The summed E-state index contributed by atoms with van der Waals surface area (Å²) in [7, 11) is 1.54. The molecule has 0 aromatic heterocycles. The maximum Gasteiger partial charge on any atom is 0.173 e. The molecule has 0 spiro atoms. The molecule has 1 heterocycles. The molecular formula is C13H14O4. The van der Waals surface area contributed by atoms with Gasteiger partial charge in [0, 0.05) is 12.2 Å². The van der Waals surface area contributed by atoms with Crippen LogP contribution in [0.4, 0.5) is 0 Å². The molecule has 0 radical (unpaired) electrons. The Labute approximate surface area is 99.5 Å². The van der Waals surface area contributed by atoms with Crippen LogP contribution < -0.4 is 4.74 Å². The van der Waals surface area contributed by atoms with E-state index in [1.54, 1.807) is 31.4 Å². The first-order valence-corrected chi connectivity index (χ1v) is 5.51. The summed E-state index contributed by atoms with van der Waals surface area (Å²) >= 11 is 0. The topological polar surface area (TPSA) is 52.6 Å². The number of ketones is 2. The second kappa shape index (κ2) is 5.10. The van der Waals surface area contributed by atoms with Crippen LogP contribution in [0.15, 0.2) is 24.3 Å². The fraction of sp³-hybridized carbons (Fsp3) is 0.385. The van der Waals surface area contributed by atoms with E-state index in [-0.39, 0.29) is 18.2 Å². The van der Waals surface area contributed by atoms with E-state index in [9.17, 15) is 9.59 Å². The minimum atomic E-state index is -0.559. The third-order valence-corrected chi connectivity index (χ3v) is 2.85. The van der Waals surface area contributed by atoms with Gasteiger partial charge in [-0.15, -0.1) is 0 Å². The van der Waals surface area contributed by atoms with Crippen molar-refractivity contribution < 1.29 is 19.1 Å². The van der Waals surface area contributed by atoms with Crippen molar-refractivity contribution in [1.82, 2.24) is 0 Å². The van der Waals surface area contributed by atoms with E-state index in [1.807, 2.05) is 0 Å². The van der Waals surface area contributed by atoms with Gasteiger partial charge in [0.2, 0.25) is 0 Å². The highest BCUT2D eigenvalue weighted by Crippen LogP contribution is 2.20. The van der Waals surface area contributed by atoms with Gasteiger partial charge in [0.05, 0.1) is 13.0 Å². The van der Waals surface area contributed by atoms with Gasteiger partial charge in [-0.1, -0.05) is 12.1 Å². The van der Waals surface area contributed by atoms with Gasteiger partial charge in [-0.25, -0.2) is 0 Å². The quantitative estimate of drug-likeness (QED) is 0.587. The summed E-state index contributed by atoms with van der Waals surface area (Å²) in [6, 6.07) is 6.87. The van der Waals surface area contributed by atoms with Crippen molar-refractivity contribution >= 4 is 11.6 Å². The lowest BCUT2D eigenvalue weighted by Gasteiger charge is -2.19. The molecule has 4 nitrogen and oxygen atoms in total. The standard InChI is InChI=1S/C13H14O4/c1-16-10-4-2-3-9(7-10)13(15)11-5-6-17-8-12(11)14/h2-4,7,11H,5-6,8H2,1H3. The maximum atomic E-state index is 12.1. The lowest BCUT2D eigenvalue weighted by Crippen LogP contribution is -2.33. The maximum absolute atomic E-state index is 12.1. The van der Waals surface area contributed by atoms with Gasteiger partial charge < -0.3 is 9.47 Å². The molecule has 1 fully saturated rings. The van der Waals surface area contributed by atoms with Crippen molar-refractivity contribution in [2.75, 3.05) is 20.3 Å². The molecule has 0 N–H and O–H groups in total. The fourth-order valence-electron chi connectivity index (χ4n) is 1.89. The molecule has 90 valence electrons. The SMILES string of the molecule is COc1cccc(C(=O)C2CCOCC2=O)c1. The van der Waals surface area contributed by atoms with E-state index in [4.69, 9.17) is 9.47 Å². The van der Waals surface area contributed by atoms with Crippen LogP contribution in [-0.4, -0.2) is 31.9 Å². The Kier molecular flexibility index (Phi) is 3.54. The molecule has 1 saturated heterocycles. The average molecular weight is 234 g/mol. The number of carbonyl (C=O) groups is 2. The molecule has 1 atom stereocenters. The molecule has 1 aliphatic rings. The highest BCUT2D eigenvalue weighted by Gasteiger charge is 2.30. The second-order valence-electron chi connectivity index (χ2n) is 3.96. The molecule has 0 amide bonds. The van der Waals surface area contributed by atoms with Crippen molar-refractivity contribution in [1.29, 1.82) is 0 Å². The first-order valence-electron chi connectivity index (χ1n) is 5.51. The van der Waals surface area contributed by atoms with E-state index in [0.717, 1.165) is 0 Å². The van der Waals surface area contributed by atoms with Crippen LogP contribution in [0.3, 0.4) is 0 Å². The van der Waals surface area contributed by atoms with E-state index < -0.39 is 5.92 Å². The van der Waals surface area contributed by atoms with E-state index in [0.29, 0.717) is 24.3 Å². The van der Waals surface area contributed by atoms with Crippen molar-refractivity contribution in [3.8, 4) is 5.75 Å². The molecule has 1 aromatic carbocycles. The Hall–Kier alpha value is -1.68. The molecular weight excluding hydrogens is 220 g/mol. The lowest BCUT2D eigenvalue weighted by atomic mass is 9.90. The molecule has 0 bridgehead atoms. The van der Waals surface area contributed by atoms with Gasteiger partial charge in [-0.05, 0) is 18.6 Å².